The largest absolute Gasteiger partial charge is 0.496 e. The average Bonchev–Trinajstić information content (AvgIpc) is 2.45. The molecule has 21 heavy (non-hydrogen) atoms. The maximum Gasteiger partial charge on any atom is 0.348 e. The molecule has 2 aromatic rings. The van der Waals surface area contributed by atoms with Crippen LogP contribution in [0.25, 0.3) is 0 Å². The number of anilines is 1. The molecule has 0 unspecified atom stereocenters. The second-order valence-electron chi connectivity index (χ2n) is 3.89. The maximum atomic E-state index is 11.0. The summed E-state index contributed by atoms with van der Waals surface area (Å²) in [5.41, 5.74) is 0.274. The van der Waals surface area contributed by atoms with Crippen molar-refractivity contribution in [3.05, 3.63) is 50.4 Å². The molecular formula is C12H10Cl2N4O3. The van der Waals surface area contributed by atoms with Crippen LogP contribution in [0.15, 0.2) is 24.5 Å². The first-order valence-corrected chi connectivity index (χ1v) is 6.50. The first kappa shape index (κ1) is 15.3. The van der Waals surface area contributed by atoms with E-state index in [4.69, 9.17) is 27.9 Å². The van der Waals surface area contributed by atoms with Crippen molar-refractivity contribution < 1.29 is 9.66 Å². The highest BCUT2D eigenvalue weighted by Crippen LogP contribution is 2.31. The molecule has 0 saturated heterocycles. The Kier molecular flexibility index (Phi) is 4.77. The molecule has 0 aliphatic heterocycles. The van der Waals surface area contributed by atoms with E-state index in [1.807, 2.05) is 0 Å². The molecule has 0 radical (unpaired) electrons. The van der Waals surface area contributed by atoms with Crippen molar-refractivity contribution in [3.8, 4) is 5.75 Å². The summed E-state index contributed by atoms with van der Waals surface area (Å²) in [5, 5.41) is 14.1. The van der Waals surface area contributed by atoms with Gasteiger partial charge in [-0.25, -0.2) is 9.97 Å². The van der Waals surface area contributed by atoms with Crippen LogP contribution >= 0.6 is 23.2 Å². The summed E-state index contributed by atoms with van der Waals surface area (Å²) in [6.07, 6.45) is 1.14. The van der Waals surface area contributed by atoms with Gasteiger partial charge in [-0.1, -0.05) is 29.3 Å². The molecule has 0 amide bonds. The van der Waals surface area contributed by atoms with Crippen LogP contribution in [-0.2, 0) is 6.54 Å². The molecule has 0 aliphatic carbocycles. The molecule has 2 rings (SSSR count). The SMILES string of the molecule is COc1cccc(Cl)c1CNc1ncnc(Cl)c1[N+](=O)[O-]. The molecule has 0 spiro atoms. The Balaban J connectivity index is 2.29. The van der Waals surface area contributed by atoms with Crippen LogP contribution in [0.5, 0.6) is 5.75 Å². The van der Waals surface area contributed by atoms with Crippen LogP contribution < -0.4 is 10.1 Å². The van der Waals surface area contributed by atoms with Crippen molar-refractivity contribution in [1.29, 1.82) is 0 Å². The third-order valence-electron chi connectivity index (χ3n) is 2.69. The second-order valence-corrected chi connectivity index (χ2v) is 4.66. The third-order valence-corrected chi connectivity index (χ3v) is 3.32. The standard InChI is InChI=1S/C12H10Cl2N4O3/c1-21-9-4-2-3-8(13)7(9)5-15-12-10(18(19)20)11(14)16-6-17-12/h2-4,6H,5H2,1H3,(H,15,16,17). The van der Waals surface area contributed by atoms with Gasteiger partial charge in [-0.05, 0) is 12.1 Å². The minimum Gasteiger partial charge on any atom is -0.496 e. The van der Waals surface area contributed by atoms with E-state index in [2.05, 4.69) is 15.3 Å². The summed E-state index contributed by atoms with van der Waals surface area (Å²) in [4.78, 5) is 17.8. The molecule has 9 heteroatoms. The molecule has 0 bridgehead atoms. The lowest BCUT2D eigenvalue weighted by molar-refractivity contribution is -0.384. The van der Waals surface area contributed by atoms with Gasteiger partial charge < -0.3 is 10.1 Å². The van der Waals surface area contributed by atoms with Crippen LogP contribution in [0.3, 0.4) is 0 Å². The first-order chi connectivity index (χ1) is 10.0. The fourth-order valence-electron chi connectivity index (χ4n) is 1.72. The Bertz CT molecular complexity index is 682. The zero-order valence-electron chi connectivity index (χ0n) is 10.8. The predicted octanol–water partition coefficient (Wildman–Crippen LogP) is 3.31. The number of benzene rings is 1. The monoisotopic (exact) mass is 328 g/mol. The summed E-state index contributed by atoms with van der Waals surface area (Å²) in [6.45, 7) is 0.191. The molecule has 0 fully saturated rings. The number of rotatable bonds is 5. The Morgan fingerprint density at radius 1 is 1.38 bits per heavy atom. The van der Waals surface area contributed by atoms with Crippen LogP contribution in [0.2, 0.25) is 10.2 Å². The Morgan fingerprint density at radius 3 is 2.81 bits per heavy atom. The molecule has 1 N–H and O–H groups in total. The topological polar surface area (TPSA) is 90.2 Å². The zero-order valence-corrected chi connectivity index (χ0v) is 12.4. The van der Waals surface area contributed by atoms with E-state index in [1.165, 1.54) is 7.11 Å². The lowest BCUT2D eigenvalue weighted by Crippen LogP contribution is -2.07. The van der Waals surface area contributed by atoms with Gasteiger partial charge in [0.1, 0.15) is 12.1 Å². The maximum absolute atomic E-state index is 11.0. The Morgan fingerprint density at radius 2 is 2.14 bits per heavy atom. The van der Waals surface area contributed by atoms with E-state index in [0.29, 0.717) is 16.3 Å². The van der Waals surface area contributed by atoms with E-state index in [-0.39, 0.29) is 23.2 Å². The molecule has 1 heterocycles. The number of nitro groups is 1. The van der Waals surface area contributed by atoms with Crippen molar-refractivity contribution in [2.75, 3.05) is 12.4 Å². The molecule has 7 nitrogen and oxygen atoms in total. The number of nitrogens with zero attached hydrogens (tertiary/aromatic N) is 3. The molecule has 1 aromatic carbocycles. The zero-order chi connectivity index (χ0) is 15.4. The van der Waals surface area contributed by atoms with Gasteiger partial charge in [0.25, 0.3) is 0 Å². The lowest BCUT2D eigenvalue weighted by atomic mass is 10.2. The van der Waals surface area contributed by atoms with Crippen molar-refractivity contribution in [1.82, 2.24) is 9.97 Å². The van der Waals surface area contributed by atoms with Gasteiger partial charge in [0.2, 0.25) is 11.0 Å². The van der Waals surface area contributed by atoms with Gasteiger partial charge in [0.05, 0.1) is 12.0 Å². The fourth-order valence-corrected chi connectivity index (χ4v) is 2.16. The molecule has 110 valence electrons. The second kappa shape index (κ2) is 6.55. The number of ether oxygens (including phenoxy) is 1. The number of hydrogen-bond acceptors (Lipinski definition) is 6. The van der Waals surface area contributed by atoms with Crippen molar-refractivity contribution >= 4 is 34.7 Å². The predicted molar refractivity (Wildman–Crippen MR) is 79.0 cm³/mol. The number of methoxy groups -OCH3 is 1. The van der Waals surface area contributed by atoms with Gasteiger partial charge in [-0.15, -0.1) is 0 Å². The molecule has 0 aliphatic rings. The van der Waals surface area contributed by atoms with Crippen molar-refractivity contribution in [3.63, 3.8) is 0 Å². The Labute approximate surface area is 130 Å². The fraction of sp³-hybridized carbons (Fsp3) is 0.167. The van der Waals surface area contributed by atoms with Crippen molar-refractivity contribution in [2.24, 2.45) is 0 Å². The van der Waals surface area contributed by atoms with Crippen LogP contribution in [-0.4, -0.2) is 22.0 Å². The Hall–Kier alpha value is -2.12. The molecule has 1 aromatic heterocycles. The minimum absolute atomic E-state index is 0.0157. The summed E-state index contributed by atoms with van der Waals surface area (Å²) >= 11 is 11.8. The van der Waals surface area contributed by atoms with E-state index < -0.39 is 4.92 Å². The average molecular weight is 329 g/mol. The minimum atomic E-state index is -0.644. The van der Waals surface area contributed by atoms with Gasteiger partial charge in [-0.2, -0.15) is 0 Å². The molecule has 0 saturated carbocycles. The molecular weight excluding hydrogens is 319 g/mol. The van der Waals surface area contributed by atoms with Crippen LogP contribution in [0.1, 0.15) is 5.56 Å². The van der Waals surface area contributed by atoms with E-state index in [1.54, 1.807) is 18.2 Å². The number of hydrogen-bond donors (Lipinski definition) is 1. The van der Waals surface area contributed by atoms with Crippen LogP contribution in [0, 0.1) is 10.1 Å². The first-order valence-electron chi connectivity index (χ1n) is 5.74. The van der Waals surface area contributed by atoms with E-state index >= 15 is 0 Å². The van der Waals surface area contributed by atoms with Gasteiger partial charge >= 0.3 is 5.69 Å². The van der Waals surface area contributed by atoms with Gasteiger partial charge in [0.15, 0.2) is 0 Å². The highest BCUT2D eigenvalue weighted by atomic mass is 35.5. The van der Waals surface area contributed by atoms with Crippen molar-refractivity contribution in [2.45, 2.75) is 6.54 Å². The van der Waals surface area contributed by atoms with Gasteiger partial charge in [0, 0.05) is 17.1 Å². The molecule has 0 atom stereocenters. The quantitative estimate of drug-likeness (QED) is 0.514. The number of aromatic nitrogens is 2. The summed E-state index contributed by atoms with van der Waals surface area (Å²) < 4.78 is 5.20. The number of nitrogens with one attached hydrogen (secondary N) is 1. The van der Waals surface area contributed by atoms with E-state index in [0.717, 1.165) is 6.33 Å². The highest BCUT2D eigenvalue weighted by Gasteiger charge is 2.21. The lowest BCUT2D eigenvalue weighted by Gasteiger charge is -2.11. The summed E-state index contributed by atoms with van der Waals surface area (Å²) in [7, 11) is 1.51. The summed E-state index contributed by atoms with van der Waals surface area (Å²) in [5.74, 6) is 0.583. The van der Waals surface area contributed by atoms with Gasteiger partial charge in [-0.3, -0.25) is 10.1 Å². The normalized spacial score (nSPS) is 10.2. The smallest absolute Gasteiger partial charge is 0.348 e. The van der Waals surface area contributed by atoms with Crippen LogP contribution in [0.4, 0.5) is 11.5 Å². The third kappa shape index (κ3) is 3.32. The number of halogens is 2. The summed E-state index contributed by atoms with van der Waals surface area (Å²) in [6, 6.07) is 5.18. The highest BCUT2D eigenvalue weighted by molar-refractivity contribution is 6.32. The van der Waals surface area contributed by atoms with E-state index in [9.17, 15) is 10.1 Å².